The number of rotatable bonds is 9. The highest BCUT2D eigenvalue weighted by molar-refractivity contribution is 7.98. The van der Waals surface area contributed by atoms with E-state index < -0.39 is 23.8 Å². The Morgan fingerprint density at radius 3 is 2.34 bits per heavy atom. The van der Waals surface area contributed by atoms with Crippen LogP contribution in [0.5, 0.6) is 0 Å². The Morgan fingerprint density at radius 2 is 1.76 bits per heavy atom. The molecule has 2 rings (SSSR count). The molecule has 0 radical (unpaired) electrons. The largest absolute Gasteiger partial charge is 0.480 e. The molecular formula is C21H21ClN2O4S. The SMILES string of the molecule is CSCCC(NC(=O)C(=Cc1ccc(Cl)cc1)NC(=O)c1ccccc1)C(=O)O. The van der Waals surface area contributed by atoms with Crippen LogP contribution >= 0.6 is 23.4 Å². The van der Waals surface area contributed by atoms with Crippen molar-refractivity contribution in [2.45, 2.75) is 12.5 Å². The molecule has 2 aromatic rings. The van der Waals surface area contributed by atoms with Gasteiger partial charge in [-0.05, 0) is 54.3 Å². The summed E-state index contributed by atoms with van der Waals surface area (Å²) in [6.07, 6.45) is 3.59. The highest BCUT2D eigenvalue weighted by Gasteiger charge is 2.22. The molecule has 2 aromatic carbocycles. The van der Waals surface area contributed by atoms with Crippen LogP contribution in [0.15, 0.2) is 60.3 Å². The van der Waals surface area contributed by atoms with Gasteiger partial charge in [0.1, 0.15) is 11.7 Å². The lowest BCUT2D eigenvalue weighted by Gasteiger charge is -2.16. The molecule has 29 heavy (non-hydrogen) atoms. The predicted molar refractivity (Wildman–Crippen MR) is 116 cm³/mol. The number of carbonyl (C=O) groups is 3. The van der Waals surface area contributed by atoms with Crippen LogP contribution in [0.4, 0.5) is 0 Å². The topological polar surface area (TPSA) is 95.5 Å². The number of benzene rings is 2. The van der Waals surface area contributed by atoms with Crippen molar-refractivity contribution in [2.75, 3.05) is 12.0 Å². The van der Waals surface area contributed by atoms with E-state index in [0.29, 0.717) is 21.9 Å². The number of nitrogens with one attached hydrogen (secondary N) is 2. The van der Waals surface area contributed by atoms with Crippen molar-refractivity contribution in [1.29, 1.82) is 0 Å². The number of hydrogen-bond acceptors (Lipinski definition) is 4. The molecule has 0 bridgehead atoms. The zero-order chi connectivity index (χ0) is 21.2. The van der Waals surface area contributed by atoms with Gasteiger partial charge in [0.2, 0.25) is 0 Å². The maximum atomic E-state index is 12.8. The summed E-state index contributed by atoms with van der Waals surface area (Å²) in [6, 6.07) is 14.0. The van der Waals surface area contributed by atoms with E-state index in [4.69, 9.17) is 11.6 Å². The van der Waals surface area contributed by atoms with Gasteiger partial charge < -0.3 is 15.7 Å². The number of carboxylic acids is 1. The highest BCUT2D eigenvalue weighted by atomic mass is 35.5. The molecule has 0 aliphatic carbocycles. The lowest BCUT2D eigenvalue weighted by molar-refractivity contribution is -0.141. The average Bonchev–Trinajstić information content (AvgIpc) is 2.72. The third-order valence-corrected chi connectivity index (χ3v) is 4.82. The fourth-order valence-corrected chi connectivity index (χ4v) is 2.99. The number of carboxylic acid groups (broad SMARTS) is 1. The van der Waals surface area contributed by atoms with E-state index in [1.807, 2.05) is 6.26 Å². The quantitative estimate of drug-likeness (QED) is 0.527. The highest BCUT2D eigenvalue weighted by Crippen LogP contribution is 2.13. The van der Waals surface area contributed by atoms with Crippen molar-refractivity contribution < 1.29 is 19.5 Å². The van der Waals surface area contributed by atoms with Gasteiger partial charge in [-0.25, -0.2) is 4.79 Å². The van der Waals surface area contributed by atoms with Gasteiger partial charge in [-0.1, -0.05) is 41.9 Å². The number of aliphatic carboxylic acids is 1. The molecule has 0 aliphatic rings. The van der Waals surface area contributed by atoms with E-state index in [2.05, 4.69) is 10.6 Å². The van der Waals surface area contributed by atoms with Gasteiger partial charge in [-0.15, -0.1) is 0 Å². The van der Waals surface area contributed by atoms with Crippen LogP contribution in [0.3, 0.4) is 0 Å². The van der Waals surface area contributed by atoms with E-state index in [1.165, 1.54) is 17.8 Å². The van der Waals surface area contributed by atoms with Crippen LogP contribution in [-0.4, -0.2) is 40.9 Å². The Kier molecular flexibility index (Phi) is 8.76. The predicted octanol–water partition coefficient (Wildman–Crippen LogP) is 3.43. The Morgan fingerprint density at radius 1 is 1.10 bits per heavy atom. The number of hydrogen-bond donors (Lipinski definition) is 3. The lowest BCUT2D eigenvalue weighted by Crippen LogP contribution is -2.44. The normalized spacial score (nSPS) is 12.1. The Balaban J connectivity index is 2.27. The number of thioether (sulfide) groups is 1. The standard InChI is InChI=1S/C21H21ClN2O4S/c1-29-12-11-17(21(27)28)23-20(26)18(13-14-7-9-16(22)10-8-14)24-19(25)15-5-3-2-4-6-15/h2-10,13,17H,11-12H2,1H3,(H,23,26)(H,24,25)(H,27,28). The molecule has 2 amide bonds. The zero-order valence-electron chi connectivity index (χ0n) is 15.7. The minimum Gasteiger partial charge on any atom is -0.480 e. The molecule has 0 saturated carbocycles. The second kappa shape index (κ2) is 11.3. The second-order valence-electron chi connectivity index (χ2n) is 6.08. The first-order valence-corrected chi connectivity index (χ1v) is 10.5. The summed E-state index contributed by atoms with van der Waals surface area (Å²) >= 11 is 7.37. The molecule has 0 aromatic heterocycles. The minimum atomic E-state index is -1.13. The molecule has 0 saturated heterocycles. The molecule has 0 fully saturated rings. The van der Waals surface area contributed by atoms with Gasteiger partial charge in [-0.2, -0.15) is 11.8 Å². The van der Waals surface area contributed by atoms with Crippen molar-refractivity contribution in [3.05, 3.63) is 76.4 Å². The number of amides is 2. The smallest absolute Gasteiger partial charge is 0.326 e. The van der Waals surface area contributed by atoms with Gasteiger partial charge in [-0.3, -0.25) is 9.59 Å². The molecule has 1 atom stereocenters. The first-order chi connectivity index (χ1) is 13.9. The molecule has 0 aliphatic heterocycles. The van der Waals surface area contributed by atoms with E-state index in [0.717, 1.165) is 0 Å². The fraction of sp³-hybridized carbons (Fsp3) is 0.190. The van der Waals surface area contributed by atoms with E-state index >= 15 is 0 Å². The van der Waals surface area contributed by atoms with Crippen LogP contribution in [-0.2, 0) is 9.59 Å². The summed E-state index contributed by atoms with van der Waals surface area (Å²) in [5.74, 6) is -1.72. The fourth-order valence-electron chi connectivity index (χ4n) is 2.40. The van der Waals surface area contributed by atoms with E-state index in [1.54, 1.807) is 54.6 Å². The summed E-state index contributed by atoms with van der Waals surface area (Å²) in [6.45, 7) is 0. The summed E-state index contributed by atoms with van der Waals surface area (Å²) in [5.41, 5.74) is 0.944. The molecule has 0 spiro atoms. The van der Waals surface area contributed by atoms with Gasteiger partial charge in [0.15, 0.2) is 0 Å². The van der Waals surface area contributed by atoms with Crippen molar-refractivity contribution >= 4 is 47.2 Å². The third-order valence-electron chi connectivity index (χ3n) is 3.92. The van der Waals surface area contributed by atoms with E-state index in [-0.39, 0.29) is 12.1 Å². The average molecular weight is 433 g/mol. The first kappa shape index (κ1) is 22.5. The van der Waals surface area contributed by atoms with Gasteiger partial charge in [0.25, 0.3) is 11.8 Å². The third kappa shape index (κ3) is 7.29. The Bertz CT molecular complexity index is 885. The molecule has 0 heterocycles. The van der Waals surface area contributed by atoms with Crippen LogP contribution in [0.1, 0.15) is 22.3 Å². The summed E-state index contributed by atoms with van der Waals surface area (Å²) < 4.78 is 0. The molecule has 8 heteroatoms. The number of carbonyl (C=O) groups excluding carboxylic acids is 2. The van der Waals surface area contributed by atoms with E-state index in [9.17, 15) is 19.5 Å². The van der Waals surface area contributed by atoms with Crippen molar-refractivity contribution in [2.24, 2.45) is 0 Å². The summed E-state index contributed by atoms with van der Waals surface area (Å²) in [5, 5.41) is 15.0. The minimum absolute atomic E-state index is 0.0587. The number of halogens is 1. The maximum Gasteiger partial charge on any atom is 0.326 e. The maximum absolute atomic E-state index is 12.8. The van der Waals surface area contributed by atoms with Gasteiger partial charge >= 0.3 is 5.97 Å². The second-order valence-corrected chi connectivity index (χ2v) is 7.50. The summed E-state index contributed by atoms with van der Waals surface area (Å²) in [7, 11) is 0. The lowest BCUT2D eigenvalue weighted by atomic mass is 10.1. The van der Waals surface area contributed by atoms with Gasteiger partial charge in [0.05, 0.1) is 0 Å². The van der Waals surface area contributed by atoms with Crippen LogP contribution in [0.2, 0.25) is 5.02 Å². The van der Waals surface area contributed by atoms with Crippen molar-refractivity contribution in [1.82, 2.24) is 10.6 Å². The molecule has 152 valence electrons. The molecule has 3 N–H and O–H groups in total. The summed E-state index contributed by atoms with van der Waals surface area (Å²) in [4.78, 5) is 36.7. The molecular weight excluding hydrogens is 412 g/mol. The van der Waals surface area contributed by atoms with Crippen LogP contribution < -0.4 is 10.6 Å². The van der Waals surface area contributed by atoms with Crippen LogP contribution in [0, 0.1) is 0 Å². The Labute approximate surface area is 178 Å². The molecule has 6 nitrogen and oxygen atoms in total. The van der Waals surface area contributed by atoms with Crippen molar-refractivity contribution in [3.8, 4) is 0 Å². The molecule has 1 unspecified atom stereocenters. The van der Waals surface area contributed by atoms with Crippen LogP contribution in [0.25, 0.3) is 6.08 Å². The monoisotopic (exact) mass is 432 g/mol. The Hall–Kier alpha value is -2.77. The zero-order valence-corrected chi connectivity index (χ0v) is 17.3. The van der Waals surface area contributed by atoms with Crippen molar-refractivity contribution in [3.63, 3.8) is 0 Å². The first-order valence-electron chi connectivity index (χ1n) is 8.77. The van der Waals surface area contributed by atoms with Gasteiger partial charge in [0, 0.05) is 10.6 Å².